The van der Waals surface area contributed by atoms with Crippen LogP contribution >= 0.6 is 24.0 Å². The zero-order chi connectivity index (χ0) is 18.6. The summed E-state index contributed by atoms with van der Waals surface area (Å²) in [6.45, 7) is 4.42. The van der Waals surface area contributed by atoms with E-state index >= 15 is 0 Å². The summed E-state index contributed by atoms with van der Waals surface area (Å²) in [5.74, 6) is 2.64. The highest BCUT2D eigenvalue weighted by Gasteiger charge is 2.02. The van der Waals surface area contributed by atoms with Crippen molar-refractivity contribution in [1.29, 1.82) is 0 Å². The molecule has 0 radical (unpaired) electrons. The second kappa shape index (κ2) is 13.2. The Morgan fingerprint density at radius 1 is 0.963 bits per heavy atom. The monoisotopic (exact) mass is 483 g/mol. The third kappa shape index (κ3) is 8.07. The van der Waals surface area contributed by atoms with E-state index in [-0.39, 0.29) is 24.0 Å². The highest BCUT2D eigenvalue weighted by molar-refractivity contribution is 14.0. The predicted octanol–water partition coefficient (Wildman–Crippen LogP) is 3.66. The number of benzene rings is 2. The zero-order valence-electron chi connectivity index (χ0n) is 16.3. The van der Waals surface area contributed by atoms with E-state index < -0.39 is 0 Å². The molecule has 0 heterocycles. The number of guanidine groups is 1. The van der Waals surface area contributed by atoms with Crippen LogP contribution in [0.4, 0.5) is 0 Å². The molecule has 0 aliphatic carbocycles. The van der Waals surface area contributed by atoms with Gasteiger partial charge in [0.2, 0.25) is 0 Å². The van der Waals surface area contributed by atoms with Gasteiger partial charge in [-0.15, -0.1) is 24.0 Å². The van der Waals surface area contributed by atoms with Crippen LogP contribution in [0.15, 0.2) is 53.5 Å². The second-order valence-corrected chi connectivity index (χ2v) is 5.85. The number of ether oxygens (including phenoxy) is 2. The Morgan fingerprint density at radius 3 is 2.52 bits per heavy atom. The van der Waals surface area contributed by atoms with Gasteiger partial charge < -0.3 is 20.1 Å². The minimum absolute atomic E-state index is 0. The fourth-order valence-corrected chi connectivity index (χ4v) is 2.69. The van der Waals surface area contributed by atoms with Gasteiger partial charge in [0.1, 0.15) is 11.5 Å². The molecule has 0 aromatic heterocycles. The molecular weight excluding hydrogens is 453 g/mol. The number of rotatable bonds is 9. The predicted molar refractivity (Wildman–Crippen MR) is 123 cm³/mol. The third-order valence-electron chi connectivity index (χ3n) is 4.03. The van der Waals surface area contributed by atoms with Crippen molar-refractivity contribution in [2.45, 2.75) is 19.8 Å². The maximum atomic E-state index is 5.39. The quantitative estimate of drug-likeness (QED) is 0.325. The average Bonchev–Trinajstić information content (AvgIpc) is 2.68. The first kappa shape index (κ1) is 23.1. The minimum atomic E-state index is 0. The molecule has 0 aliphatic rings. The molecule has 0 spiro atoms. The second-order valence-electron chi connectivity index (χ2n) is 5.85. The van der Waals surface area contributed by atoms with E-state index in [4.69, 9.17) is 9.47 Å². The Kier molecular flexibility index (Phi) is 11.3. The van der Waals surface area contributed by atoms with Crippen LogP contribution in [0.25, 0.3) is 0 Å². The summed E-state index contributed by atoms with van der Waals surface area (Å²) >= 11 is 0. The smallest absolute Gasteiger partial charge is 0.191 e. The van der Waals surface area contributed by atoms with Gasteiger partial charge in [-0.05, 0) is 49.1 Å². The topological polar surface area (TPSA) is 54.9 Å². The molecule has 0 atom stereocenters. The van der Waals surface area contributed by atoms with Gasteiger partial charge in [0.25, 0.3) is 0 Å². The van der Waals surface area contributed by atoms with Crippen LogP contribution in [0.1, 0.15) is 18.1 Å². The van der Waals surface area contributed by atoms with E-state index in [9.17, 15) is 0 Å². The molecular formula is C21H30IN3O2. The molecule has 2 rings (SSSR count). The molecule has 0 bridgehead atoms. The lowest BCUT2D eigenvalue weighted by Crippen LogP contribution is -2.38. The average molecular weight is 483 g/mol. The number of methoxy groups -OCH3 is 2. The first-order valence-electron chi connectivity index (χ1n) is 9.03. The Labute approximate surface area is 179 Å². The fourth-order valence-electron chi connectivity index (χ4n) is 2.69. The van der Waals surface area contributed by atoms with Gasteiger partial charge in [0.05, 0.1) is 14.2 Å². The Morgan fingerprint density at radius 2 is 1.78 bits per heavy atom. The van der Waals surface area contributed by atoms with Gasteiger partial charge in [-0.2, -0.15) is 0 Å². The van der Waals surface area contributed by atoms with Crippen molar-refractivity contribution >= 4 is 29.9 Å². The van der Waals surface area contributed by atoms with Gasteiger partial charge in [-0.1, -0.05) is 30.3 Å². The Hall–Kier alpha value is -1.96. The van der Waals surface area contributed by atoms with Gasteiger partial charge in [-0.3, -0.25) is 4.99 Å². The number of hydrogen-bond donors (Lipinski definition) is 2. The maximum Gasteiger partial charge on any atom is 0.191 e. The normalized spacial score (nSPS) is 10.7. The van der Waals surface area contributed by atoms with Gasteiger partial charge in [0.15, 0.2) is 5.96 Å². The number of nitrogens with zero attached hydrogens (tertiary/aromatic N) is 1. The molecule has 2 N–H and O–H groups in total. The maximum absolute atomic E-state index is 5.39. The standard InChI is InChI=1S/C21H29N3O2.HI/c1-4-22-21(23-14-12-17-8-7-10-19(16-17)25-2)24-15-13-18-9-5-6-11-20(18)26-3;/h5-11,16H,4,12-15H2,1-3H3,(H2,22,23,24);1H. The van der Waals surface area contributed by atoms with Crippen molar-refractivity contribution in [3.05, 3.63) is 59.7 Å². The molecule has 2 aromatic rings. The fraction of sp³-hybridized carbons (Fsp3) is 0.381. The van der Waals surface area contributed by atoms with Crippen molar-refractivity contribution in [2.75, 3.05) is 33.9 Å². The van der Waals surface area contributed by atoms with Crippen molar-refractivity contribution < 1.29 is 9.47 Å². The summed E-state index contributed by atoms with van der Waals surface area (Å²) < 4.78 is 10.7. The number of aliphatic imine (C=N–C) groups is 1. The van der Waals surface area contributed by atoms with Gasteiger partial charge in [-0.25, -0.2) is 0 Å². The first-order chi connectivity index (χ1) is 12.8. The number of nitrogens with one attached hydrogen (secondary N) is 2. The van der Waals surface area contributed by atoms with Crippen molar-refractivity contribution in [1.82, 2.24) is 10.6 Å². The molecule has 148 valence electrons. The first-order valence-corrected chi connectivity index (χ1v) is 9.03. The molecule has 6 heteroatoms. The van der Waals surface area contributed by atoms with E-state index in [0.717, 1.165) is 43.4 Å². The molecule has 27 heavy (non-hydrogen) atoms. The lowest BCUT2D eigenvalue weighted by Gasteiger charge is -2.12. The van der Waals surface area contributed by atoms with E-state index in [1.807, 2.05) is 30.3 Å². The van der Waals surface area contributed by atoms with E-state index in [1.165, 1.54) is 11.1 Å². The summed E-state index contributed by atoms with van der Waals surface area (Å²) in [5.41, 5.74) is 2.41. The molecule has 0 aliphatic heterocycles. The number of halogens is 1. The van der Waals surface area contributed by atoms with Crippen molar-refractivity contribution in [3.63, 3.8) is 0 Å². The lowest BCUT2D eigenvalue weighted by atomic mass is 10.1. The summed E-state index contributed by atoms with van der Waals surface area (Å²) in [5, 5.41) is 6.68. The number of hydrogen-bond acceptors (Lipinski definition) is 3. The largest absolute Gasteiger partial charge is 0.497 e. The van der Waals surface area contributed by atoms with Crippen LogP contribution in [-0.4, -0.2) is 39.8 Å². The Bertz CT molecular complexity index is 707. The van der Waals surface area contributed by atoms with Gasteiger partial charge >= 0.3 is 0 Å². The molecule has 0 saturated heterocycles. The summed E-state index contributed by atoms with van der Waals surface area (Å²) in [6, 6.07) is 16.2. The van der Waals surface area contributed by atoms with Crippen LogP contribution in [-0.2, 0) is 12.8 Å². The molecule has 5 nitrogen and oxygen atoms in total. The van der Waals surface area contributed by atoms with Crippen LogP contribution in [0, 0.1) is 0 Å². The molecule has 0 unspecified atom stereocenters. The van der Waals surface area contributed by atoms with Crippen LogP contribution in [0.5, 0.6) is 11.5 Å². The van der Waals surface area contributed by atoms with E-state index in [0.29, 0.717) is 6.54 Å². The van der Waals surface area contributed by atoms with Crippen molar-refractivity contribution in [2.24, 2.45) is 4.99 Å². The van der Waals surface area contributed by atoms with Crippen molar-refractivity contribution in [3.8, 4) is 11.5 Å². The molecule has 0 amide bonds. The molecule has 0 saturated carbocycles. The lowest BCUT2D eigenvalue weighted by molar-refractivity contribution is 0.410. The Balaban J connectivity index is 0.00000364. The van der Waals surface area contributed by atoms with E-state index in [1.54, 1.807) is 14.2 Å². The summed E-state index contributed by atoms with van der Waals surface area (Å²) in [6.07, 6.45) is 1.75. The van der Waals surface area contributed by atoms with Gasteiger partial charge in [0, 0.05) is 19.6 Å². The zero-order valence-corrected chi connectivity index (χ0v) is 18.7. The summed E-state index contributed by atoms with van der Waals surface area (Å²) in [7, 11) is 3.39. The van der Waals surface area contributed by atoms with Crippen LogP contribution in [0.2, 0.25) is 0 Å². The molecule has 0 fully saturated rings. The summed E-state index contributed by atoms with van der Waals surface area (Å²) in [4.78, 5) is 4.66. The highest BCUT2D eigenvalue weighted by Crippen LogP contribution is 2.17. The van der Waals surface area contributed by atoms with Crippen LogP contribution in [0.3, 0.4) is 0 Å². The van der Waals surface area contributed by atoms with Crippen LogP contribution < -0.4 is 20.1 Å². The van der Waals surface area contributed by atoms with E-state index in [2.05, 4.69) is 40.7 Å². The number of para-hydroxylation sites is 1. The SMILES string of the molecule is CCNC(=NCCc1ccccc1OC)NCCc1cccc(OC)c1.I. The minimum Gasteiger partial charge on any atom is -0.497 e. The highest BCUT2D eigenvalue weighted by atomic mass is 127. The molecule has 2 aromatic carbocycles. The third-order valence-corrected chi connectivity index (χ3v) is 4.03.